The molecule has 2 nitrogen and oxygen atoms in total. The van der Waals surface area contributed by atoms with Crippen LogP contribution in [0.4, 0.5) is 0 Å². The number of ether oxygens (including phenoxy) is 1. The van der Waals surface area contributed by atoms with E-state index in [0.717, 1.165) is 18.7 Å². The molecule has 90 valence electrons. The van der Waals surface area contributed by atoms with Gasteiger partial charge in [-0.05, 0) is 30.7 Å². The second kappa shape index (κ2) is 3.59. The fourth-order valence-corrected chi connectivity index (χ4v) is 3.05. The third kappa shape index (κ3) is 1.27. The van der Waals surface area contributed by atoms with Gasteiger partial charge in [-0.3, -0.25) is 4.90 Å². The molecule has 2 aliphatic heterocycles. The van der Waals surface area contributed by atoms with Gasteiger partial charge in [0.05, 0.1) is 0 Å². The molecule has 4 rings (SSSR count). The van der Waals surface area contributed by atoms with Crippen LogP contribution in [0.2, 0.25) is 0 Å². The molecule has 2 aromatic carbocycles. The molecule has 0 N–H and O–H groups in total. The third-order valence-electron chi connectivity index (χ3n) is 3.99. The lowest BCUT2D eigenvalue weighted by Crippen LogP contribution is -2.37. The molecule has 2 heterocycles. The Morgan fingerprint density at radius 1 is 1.06 bits per heavy atom. The molecule has 0 bridgehead atoms. The third-order valence-corrected chi connectivity index (χ3v) is 3.99. The SMILES string of the molecule is CN1CCc2cccc3c2C1Oc1ccccc1-3. The second-order valence-electron chi connectivity index (χ2n) is 5.08. The largest absolute Gasteiger partial charge is 0.470 e. The molecule has 0 saturated heterocycles. The van der Waals surface area contributed by atoms with Crippen LogP contribution in [0.3, 0.4) is 0 Å². The van der Waals surface area contributed by atoms with Gasteiger partial charge < -0.3 is 4.74 Å². The maximum Gasteiger partial charge on any atom is 0.179 e. The average molecular weight is 237 g/mol. The summed E-state index contributed by atoms with van der Waals surface area (Å²) >= 11 is 0. The van der Waals surface area contributed by atoms with E-state index in [4.69, 9.17) is 4.74 Å². The van der Waals surface area contributed by atoms with Gasteiger partial charge in [0.1, 0.15) is 5.75 Å². The molecule has 0 saturated carbocycles. The number of para-hydroxylation sites is 1. The van der Waals surface area contributed by atoms with E-state index >= 15 is 0 Å². The molecule has 0 aromatic heterocycles. The first kappa shape index (κ1) is 10.2. The first-order chi connectivity index (χ1) is 8.84. The van der Waals surface area contributed by atoms with Gasteiger partial charge in [-0.25, -0.2) is 0 Å². The fraction of sp³-hybridized carbons (Fsp3) is 0.250. The summed E-state index contributed by atoms with van der Waals surface area (Å²) in [5.41, 5.74) is 5.36. The molecule has 0 spiro atoms. The van der Waals surface area contributed by atoms with E-state index in [9.17, 15) is 0 Å². The summed E-state index contributed by atoms with van der Waals surface area (Å²) in [7, 11) is 2.14. The highest BCUT2D eigenvalue weighted by atomic mass is 16.5. The summed E-state index contributed by atoms with van der Waals surface area (Å²) in [6.45, 7) is 1.06. The van der Waals surface area contributed by atoms with Gasteiger partial charge >= 0.3 is 0 Å². The number of fused-ring (bicyclic) bond motifs is 2. The molecule has 1 unspecified atom stereocenters. The van der Waals surface area contributed by atoms with Crippen LogP contribution >= 0.6 is 0 Å². The summed E-state index contributed by atoms with van der Waals surface area (Å²) in [6.07, 6.45) is 1.20. The summed E-state index contributed by atoms with van der Waals surface area (Å²) in [5.74, 6) is 1.00. The van der Waals surface area contributed by atoms with E-state index in [-0.39, 0.29) is 6.23 Å². The molecule has 18 heavy (non-hydrogen) atoms. The van der Waals surface area contributed by atoms with Crippen LogP contribution in [0, 0.1) is 0 Å². The molecular weight excluding hydrogens is 222 g/mol. The minimum absolute atomic E-state index is 0.0832. The molecule has 2 heteroatoms. The Morgan fingerprint density at radius 2 is 1.89 bits per heavy atom. The first-order valence-corrected chi connectivity index (χ1v) is 6.43. The quantitative estimate of drug-likeness (QED) is 0.697. The van der Waals surface area contributed by atoms with E-state index < -0.39 is 0 Å². The molecular formula is C16H15NO. The fourth-order valence-electron chi connectivity index (χ4n) is 3.05. The zero-order valence-corrected chi connectivity index (χ0v) is 10.4. The van der Waals surface area contributed by atoms with Gasteiger partial charge in [0.2, 0.25) is 0 Å². The Balaban J connectivity index is 2.03. The van der Waals surface area contributed by atoms with Gasteiger partial charge in [-0.2, -0.15) is 0 Å². The van der Waals surface area contributed by atoms with E-state index in [0.29, 0.717) is 0 Å². The van der Waals surface area contributed by atoms with Crippen molar-refractivity contribution in [3.63, 3.8) is 0 Å². The van der Waals surface area contributed by atoms with Crippen molar-refractivity contribution in [1.82, 2.24) is 4.90 Å². The minimum Gasteiger partial charge on any atom is -0.470 e. The van der Waals surface area contributed by atoms with Gasteiger partial charge in [0, 0.05) is 17.7 Å². The Morgan fingerprint density at radius 3 is 2.83 bits per heavy atom. The predicted molar refractivity (Wildman–Crippen MR) is 71.6 cm³/mol. The highest BCUT2D eigenvalue weighted by Crippen LogP contribution is 2.45. The van der Waals surface area contributed by atoms with E-state index in [1.807, 2.05) is 6.07 Å². The predicted octanol–water partition coefficient (Wildman–Crippen LogP) is 3.23. The molecule has 0 fully saturated rings. The highest BCUT2D eigenvalue weighted by molar-refractivity contribution is 5.76. The zero-order valence-electron chi connectivity index (χ0n) is 10.4. The van der Waals surface area contributed by atoms with Crippen molar-refractivity contribution in [2.24, 2.45) is 0 Å². The van der Waals surface area contributed by atoms with Crippen LogP contribution in [0.5, 0.6) is 5.75 Å². The van der Waals surface area contributed by atoms with E-state index in [1.54, 1.807) is 0 Å². The number of benzene rings is 2. The van der Waals surface area contributed by atoms with Crippen LogP contribution in [0.25, 0.3) is 11.1 Å². The normalized spacial score (nSPS) is 20.8. The van der Waals surface area contributed by atoms with Crippen molar-refractivity contribution < 1.29 is 4.74 Å². The summed E-state index contributed by atoms with van der Waals surface area (Å²) < 4.78 is 6.18. The molecule has 1 atom stereocenters. The van der Waals surface area contributed by atoms with Crippen molar-refractivity contribution in [3.05, 3.63) is 53.6 Å². The Bertz CT molecular complexity index is 620. The van der Waals surface area contributed by atoms with E-state index in [1.165, 1.54) is 22.3 Å². The van der Waals surface area contributed by atoms with Crippen molar-refractivity contribution in [1.29, 1.82) is 0 Å². The van der Waals surface area contributed by atoms with Crippen molar-refractivity contribution >= 4 is 0 Å². The summed E-state index contributed by atoms with van der Waals surface area (Å²) in [6, 6.07) is 14.9. The molecule has 0 aliphatic carbocycles. The minimum atomic E-state index is 0.0832. The highest BCUT2D eigenvalue weighted by Gasteiger charge is 2.33. The Labute approximate surface area is 107 Å². The molecule has 0 radical (unpaired) electrons. The second-order valence-corrected chi connectivity index (χ2v) is 5.08. The number of hydrogen-bond acceptors (Lipinski definition) is 2. The number of likely N-dealkylation sites (N-methyl/N-ethyl adjacent to an activating group) is 1. The molecule has 2 aliphatic rings. The van der Waals surface area contributed by atoms with Crippen LogP contribution in [-0.4, -0.2) is 18.5 Å². The van der Waals surface area contributed by atoms with Gasteiger partial charge in [0.15, 0.2) is 6.23 Å². The van der Waals surface area contributed by atoms with Crippen LogP contribution < -0.4 is 4.74 Å². The lowest BCUT2D eigenvalue weighted by molar-refractivity contribution is 0.0333. The van der Waals surface area contributed by atoms with Crippen molar-refractivity contribution in [2.75, 3.05) is 13.6 Å². The maximum atomic E-state index is 6.18. The molecule has 2 aromatic rings. The average Bonchev–Trinajstić information content (AvgIpc) is 2.43. The topological polar surface area (TPSA) is 12.5 Å². The number of hydrogen-bond donors (Lipinski definition) is 0. The van der Waals surface area contributed by atoms with Crippen molar-refractivity contribution in [3.8, 4) is 16.9 Å². The van der Waals surface area contributed by atoms with E-state index in [2.05, 4.69) is 48.3 Å². The lowest BCUT2D eigenvalue weighted by Gasteiger charge is -2.39. The smallest absolute Gasteiger partial charge is 0.179 e. The zero-order chi connectivity index (χ0) is 12.1. The van der Waals surface area contributed by atoms with Gasteiger partial charge in [-0.15, -0.1) is 0 Å². The Kier molecular flexibility index (Phi) is 2.03. The Hall–Kier alpha value is -1.80. The first-order valence-electron chi connectivity index (χ1n) is 6.43. The monoisotopic (exact) mass is 237 g/mol. The maximum absolute atomic E-state index is 6.18. The standard InChI is InChI=1S/C16H15NO/c1-17-10-9-11-5-4-7-13-12-6-2-3-8-14(12)18-16(17)15(11)13/h2-8,16H,9-10H2,1H3. The number of nitrogens with zero attached hydrogens (tertiary/aromatic N) is 1. The lowest BCUT2D eigenvalue weighted by atomic mass is 9.88. The van der Waals surface area contributed by atoms with Crippen LogP contribution in [0.1, 0.15) is 17.4 Å². The summed E-state index contributed by atoms with van der Waals surface area (Å²) in [5, 5.41) is 0. The van der Waals surface area contributed by atoms with Crippen molar-refractivity contribution in [2.45, 2.75) is 12.6 Å². The van der Waals surface area contributed by atoms with Crippen LogP contribution in [0.15, 0.2) is 42.5 Å². The van der Waals surface area contributed by atoms with Gasteiger partial charge in [0.25, 0.3) is 0 Å². The number of rotatable bonds is 0. The molecule has 0 amide bonds. The van der Waals surface area contributed by atoms with Crippen LogP contribution in [-0.2, 0) is 6.42 Å². The van der Waals surface area contributed by atoms with Gasteiger partial charge in [-0.1, -0.05) is 36.4 Å². The summed E-state index contributed by atoms with van der Waals surface area (Å²) in [4.78, 5) is 2.29.